The predicted molar refractivity (Wildman–Crippen MR) is 108 cm³/mol. The van der Waals surface area contributed by atoms with E-state index in [1.54, 1.807) is 19.2 Å². The molecule has 2 atom stereocenters. The quantitative estimate of drug-likeness (QED) is 0.520. The lowest BCUT2D eigenvalue weighted by Gasteiger charge is -2.40. The van der Waals surface area contributed by atoms with Gasteiger partial charge in [-0.25, -0.2) is 4.79 Å². The number of rotatable bonds is 4. The molecule has 2 aliphatic rings. The topological polar surface area (TPSA) is 122 Å². The van der Waals surface area contributed by atoms with Gasteiger partial charge in [-0.05, 0) is 58.6 Å². The second-order valence-corrected chi connectivity index (χ2v) is 8.64. The van der Waals surface area contributed by atoms with Gasteiger partial charge in [0.2, 0.25) is 0 Å². The molecule has 9 heteroatoms. The van der Waals surface area contributed by atoms with Crippen molar-refractivity contribution in [3.05, 3.63) is 23.7 Å². The number of primary amides is 1. The molecule has 2 unspecified atom stereocenters. The van der Waals surface area contributed by atoms with Crippen LogP contribution >= 0.6 is 0 Å². The van der Waals surface area contributed by atoms with E-state index in [2.05, 4.69) is 15.6 Å². The number of hydrogen-bond donors (Lipinski definition) is 3. The van der Waals surface area contributed by atoms with Gasteiger partial charge in [0.1, 0.15) is 11.4 Å². The Bertz CT molecular complexity index is 768. The van der Waals surface area contributed by atoms with Crippen molar-refractivity contribution >= 4 is 18.0 Å². The maximum absolute atomic E-state index is 12.6. The zero-order valence-corrected chi connectivity index (χ0v) is 17.5. The molecule has 9 nitrogen and oxygen atoms in total. The van der Waals surface area contributed by atoms with Crippen molar-refractivity contribution in [1.82, 2.24) is 15.5 Å². The molecule has 29 heavy (non-hydrogen) atoms. The molecule has 3 rings (SSSR count). The van der Waals surface area contributed by atoms with Crippen molar-refractivity contribution in [3.63, 3.8) is 0 Å². The summed E-state index contributed by atoms with van der Waals surface area (Å²) < 4.78 is 11.0. The molecule has 2 fully saturated rings. The molecule has 4 N–H and O–H groups in total. The highest BCUT2D eigenvalue weighted by Gasteiger charge is 2.45. The van der Waals surface area contributed by atoms with Gasteiger partial charge in [0.25, 0.3) is 5.91 Å². The Labute approximate surface area is 171 Å². The van der Waals surface area contributed by atoms with Crippen LogP contribution in [-0.4, -0.2) is 53.6 Å². The number of amides is 2. The van der Waals surface area contributed by atoms with Gasteiger partial charge < -0.3 is 30.4 Å². The molecule has 1 aromatic rings. The number of hydrogen-bond acceptors (Lipinski definition) is 5. The van der Waals surface area contributed by atoms with Crippen molar-refractivity contribution in [1.29, 1.82) is 0 Å². The van der Waals surface area contributed by atoms with Crippen LogP contribution in [0.5, 0.6) is 0 Å². The Morgan fingerprint density at radius 1 is 1.28 bits per heavy atom. The summed E-state index contributed by atoms with van der Waals surface area (Å²) in [6.07, 6.45) is 3.48. The third kappa shape index (κ3) is 5.21. The highest BCUT2D eigenvalue weighted by atomic mass is 16.6. The Hall–Kier alpha value is -2.71. The number of furan rings is 1. The van der Waals surface area contributed by atoms with Gasteiger partial charge >= 0.3 is 6.09 Å². The molecule has 0 aromatic carbocycles. The van der Waals surface area contributed by atoms with Crippen molar-refractivity contribution < 1.29 is 18.7 Å². The largest absolute Gasteiger partial charge is 0.454 e. The van der Waals surface area contributed by atoms with Crippen LogP contribution in [0.25, 0.3) is 0 Å². The lowest BCUT2D eigenvalue weighted by atomic mass is 9.98. The summed E-state index contributed by atoms with van der Waals surface area (Å²) in [5.41, 5.74) is 4.72. The predicted octanol–water partition coefficient (Wildman–Crippen LogP) is 1.97. The van der Waals surface area contributed by atoms with Crippen LogP contribution in [0.4, 0.5) is 4.79 Å². The number of nitrogens with one attached hydrogen (secondary N) is 2. The fourth-order valence-corrected chi connectivity index (χ4v) is 4.07. The van der Waals surface area contributed by atoms with E-state index in [9.17, 15) is 9.59 Å². The van der Waals surface area contributed by atoms with Crippen LogP contribution in [0.15, 0.2) is 21.5 Å². The Morgan fingerprint density at radius 3 is 2.45 bits per heavy atom. The van der Waals surface area contributed by atoms with Crippen LogP contribution in [0.2, 0.25) is 0 Å². The first kappa shape index (κ1) is 21.0. The number of carbonyl (C=O) groups excluding carboxylic acids is 2. The average Bonchev–Trinajstić information content (AvgIpc) is 3.20. The summed E-state index contributed by atoms with van der Waals surface area (Å²) in [4.78, 5) is 29.9. The molecule has 160 valence electrons. The van der Waals surface area contributed by atoms with E-state index in [0.717, 1.165) is 25.7 Å². The van der Waals surface area contributed by atoms with E-state index in [-0.39, 0.29) is 30.0 Å². The smallest absolute Gasteiger partial charge is 0.410 e. The van der Waals surface area contributed by atoms with Crippen LogP contribution < -0.4 is 16.4 Å². The molecule has 0 saturated carbocycles. The highest BCUT2D eigenvalue weighted by Crippen LogP contribution is 2.36. The van der Waals surface area contributed by atoms with Gasteiger partial charge in [0, 0.05) is 25.2 Å². The Morgan fingerprint density at radius 2 is 1.93 bits per heavy atom. The summed E-state index contributed by atoms with van der Waals surface area (Å²) in [6, 6.07) is 3.85. The Balaban J connectivity index is 1.53. The molecule has 1 aromatic heterocycles. The standard InChI is InChI=1S/C20H31N5O4/c1-20(2,3)29-19(27)25-13-5-6-14(25)10-12(9-13)24-18(22-4)23-11-15-7-8-16(28-15)17(21)26/h7-8,12-14H,5-6,9-11H2,1-4H3,(H2,21,26)(H2,22,23,24). The van der Waals surface area contributed by atoms with Crippen molar-refractivity contribution in [2.45, 2.75) is 76.7 Å². The zero-order valence-electron chi connectivity index (χ0n) is 17.5. The van der Waals surface area contributed by atoms with E-state index in [4.69, 9.17) is 14.9 Å². The van der Waals surface area contributed by atoms with Gasteiger partial charge in [-0.2, -0.15) is 0 Å². The third-order valence-electron chi connectivity index (χ3n) is 5.24. The highest BCUT2D eigenvalue weighted by molar-refractivity contribution is 5.89. The molecule has 0 radical (unpaired) electrons. The number of piperidine rings is 1. The minimum atomic E-state index is -0.592. The normalized spacial score (nSPS) is 24.3. The molecule has 3 heterocycles. The van der Waals surface area contributed by atoms with Crippen molar-refractivity contribution in [2.75, 3.05) is 7.05 Å². The SMILES string of the molecule is CN=C(NCc1ccc(C(N)=O)o1)NC1CC2CCC(C1)N2C(=O)OC(C)(C)C. The van der Waals surface area contributed by atoms with Crippen molar-refractivity contribution in [3.8, 4) is 0 Å². The van der Waals surface area contributed by atoms with E-state index in [1.165, 1.54) is 0 Å². The van der Waals surface area contributed by atoms with Gasteiger partial charge in [0.05, 0.1) is 6.54 Å². The molecule has 2 aliphatic heterocycles. The number of ether oxygens (including phenoxy) is 1. The van der Waals surface area contributed by atoms with E-state index in [1.807, 2.05) is 25.7 Å². The maximum atomic E-state index is 12.6. The summed E-state index contributed by atoms with van der Waals surface area (Å²) in [6.45, 7) is 6.06. The fourth-order valence-electron chi connectivity index (χ4n) is 4.07. The van der Waals surface area contributed by atoms with Crippen molar-refractivity contribution in [2.24, 2.45) is 10.7 Å². The molecular weight excluding hydrogens is 374 g/mol. The first-order valence-electron chi connectivity index (χ1n) is 10.0. The van der Waals surface area contributed by atoms with Crippen LogP contribution in [0.3, 0.4) is 0 Å². The average molecular weight is 405 g/mol. The zero-order chi connectivity index (χ0) is 21.2. The lowest BCUT2D eigenvalue weighted by molar-refractivity contribution is 0.00544. The molecular formula is C20H31N5O4. The number of aliphatic imine (C=N–C) groups is 1. The number of guanidine groups is 1. The summed E-state index contributed by atoms with van der Waals surface area (Å²) in [5.74, 6) is 0.792. The second-order valence-electron chi connectivity index (χ2n) is 8.64. The molecule has 2 bridgehead atoms. The summed E-state index contributed by atoms with van der Waals surface area (Å²) in [7, 11) is 1.71. The van der Waals surface area contributed by atoms with Gasteiger partial charge in [0.15, 0.2) is 11.7 Å². The van der Waals surface area contributed by atoms with E-state index < -0.39 is 11.5 Å². The monoisotopic (exact) mass is 405 g/mol. The van der Waals surface area contributed by atoms with Gasteiger partial charge in [-0.1, -0.05) is 0 Å². The van der Waals surface area contributed by atoms with Crippen LogP contribution in [0.1, 0.15) is 62.8 Å². The maximum Gasteiger partial charge on any atom is 0.410 e. The molecule has 0 aliphatic carbocycles. The molecule has 2 saturated heterocycles. The lowest BCUT2D eigenvalue weighted by Crippen LogP contribution is -2.54. The number of nitrogens with zero attached hydrogens (tertiary/aromatic N) is 2. The third-order valence-corrected chi connectivity index (χ3v) is 5.24. The Kier molecular flexibility index (Phi) is 6.04. The molecule has 0 spiro atoms. The fraction of sp³-hybridized carbons (Fsp3) is 0.650. The first-order valence-corrected chi connectivity index (χ1v) is 10.0. The van der Waals surface area contributed by atoms with Crippen LogP contribution in [0, 0.1) is 0 Å². The number of fused-ring (bicyclic) bond motifs is 2. The summed E-state index contributed by atoms with van der Waals surface area (Å²) in [5, 5.41) is 6.63. The first-order chi connectivity index (χ1) is 13.7. The van der Waals surface area contributed by atoms with E-state index in [0.29, 0.717) is 18.3 Å². The number of carbonyl (C=O) groups is 2. The molecule has 2 amide bonds. The van der Waals surface area contributed by atoms with Gasteiger partial charge in [-0.15, -0.1) is 0 Å². The number of nitrogens with two attached hydrogens (primary N) is 1. The van der Waals surface area contributed by atoms with Gasteiger partial charge in [-0.3, -0.25) is 9.79 Å². The minimum Gasteiger partial charge on any atom is -0.454 e. The summed E-state index contributed by atoms with van der Waals surface area (Å²) >= 11 is 0. The van der Waals surface area contributed by atoms with Crippen LogP contribution in [-0.2, 0) is 11.3 Å². The minimum absolute atomic E-state index is 0.135. The second kappa shape index (κ2) is 8.34. The van der Waals surface area contributed by atoms with E-state index >= 15 is 0 Å².